The number of rotatable bonds is 4. The Labute approximate surface area is 119 Å². The van der Waals surface area contributed by atoms with Gasteiger partial charge in [-0.15, -0.1) is 0 Å². The Kier molecular flexibility index (Phi) is 3.82. The van der Waals surface area contributed by atoms with Crippen molar-refractivity contribution >= 4 is 5.91 Å². The summed E-state index contributed by atoms with van der Waals surface area (Å²) in [6.07, 6.45) is 4.18. The van der Waals surface area contributed by atoms with Crippen LogP contribution < -0.4 is 5.32 Å². The third kappa shape index (κ3) is 2.90. The molecule has 1 N–H and O–H groups in total. The summed E-state index contributed by atoms with van der Waals surface area (Å²) in [6, 6.07) is 18.7. The zero-order chi connectivity index (χ0) is 13.8. The highest BCUT2D eigenvalue weighted by molar-refractivity contribution is 5.96. The Morgan fingerprint density at radius 2 is 1.75 bits per heavy atom. The number of amides is 1. The van der Waals surface area contributed by atoms with E-state index in [1.165, 1.54) is 11.1 Å². The third-order valence-corrected chi connectivity index (χ3v) is 3.92. The maximum Gasteiger partial charge on any atom is 0.251 e. The molecule has 3 rings (SSSR count). The third-order valence-electron chi connectivity index (χ3n) is 3.92. The van der Waals surface area contributed by atoms with Gasteiger partial charge >= 0.3 is 0 Å². The standard InChI is InChI=1S/C18H19NO/c20-18-17-12-5-4-10-15(17)13-16(19-18)11-6-9-14-7-2-1-3-8-14/h1-5,7-8,10,12,16H,6,9,11,13H2,(H,19,20). The van der Waals surface area contributed by atoms with E-state index in [1.807, 2.05) is 24.3 Å². The molecule has 1 amide bonds. The average Bonchev–Trinajstić information content (AvgIpc) is 2.48. The van der Waals surface area contributed by atoms with Crippen LogP contribution in [-0.4, -0.2) is 11.9 Å². The quantitative estimate of drug-likeness (QED) is 0.902. The second-order valence-corrected chi connectivity index (χ2v) is 5.41. The summed E-state index contributed by atoms with van der Waals surface area (Å²) in [6.45, 7) is 0. The maximum absolute atomic E-state index is 12.0. The van der Waals surface area contributed by atoms with Crippen LogP contribution in [0, 0.1) is 0 Å². The fourth-order valence-electron chi connectivity index (χ4n) is 2.87. The molecule has 0 fully saturated rings. The van der Waals surface area contributed by atoms with Crippen LogP contribution in [0.5, 0.6) is 0 Å². The van der Waals surface area contributed by atoms with Gasteiger partial charge in [0.1, 0.15) is 0 Å². The lowest BCUT2D eigenvalue weighted by atomic mass is 9.92. The molecule has 0 saturated heterocycles. The van der Waals surface area contributed by atoms with Crippen LogP contribution in [-0.2, 0) is 12.8 Å². The number of hydrogen-bond acceptors (Lipinski definition) is 1. The number of fused-ring (bicyclic) bond motifs is 1. The molecular weight excluding hydrogens is 246 g/mol. The van der Waals surface area contributed by atoms with E-state index in [0.717, 1.165) is 31.2 Å². The molecule has 1 unspecified atom stereocenters. The molecule has 1 aliphatic rings. The second-order valence-electron chi connectivity index (χ2n) is 5.41. The zero-order valence-electron chi connectivity index (χ0n) is 11.5. The molecule has 0 aromatic heterocycles. The van der Waals surface area contributed by atoms with Crippen LogP contribution >= 0.6 is 0 Å². The van der Waals surface area contributed by atoms with Gasteiger partial charge in [-0.05, 0) is 42.9 Å². The minimum Gasteiger partial charge on any atom is -0.349 e. The number of benzene rings is 2. The van der Waals surface area contributed by atoms with Gasteiger partial charge < -0.3 is 5.32 Å². The predicted molar refractivity (Wildman–Crippen MR) is 80.8 cm³/mol. The molecule has 0 spiro atoms. The largest absolute Gasteiger partial charge is 0.349 e. The second kappa shape index (κ2) is 5.91. The van der Waals surface area contributed by atoms with Gasteiger partial charge in [0.2, 0.25) is 0 Å². The van der Waals surface area contributed by atoms with Crippen molar-refractivity contribution < 1.29 is 4.79 Å². The molecule has 1 heterocycles. The van der Waals surface area contributed by atoms with Crippen LogP contribution in [0.3, 0.4) is 0 Å². The van der Waals surface area contributed by atoms with Crippen molar-refractivity contribution in [1.82, 2.24) is 5.32 Å². The minimum absolute atomic E-state index is 0.0801. The predicted octanol–water partition coefficient (Wildman–Crippen LogP) is 3.36. The Balaban J connectivity index is 1.57. The van der Waals surface area contributed by atoms with E-state index < -0.39 is 0 Å². The van der Waals surface area contributed by atoms with E-state index in [4.69, 9.17) is 0 Å². The summed E-state index contributed by atoms with van der Waals surface area (Å²) < 4.78 is 0. The van der Waals surface area contributed by atoms with E-state index >= 15 is 0 Å². The van der Waals surface area contributed by atoms with Crippen molar-refractivity contribution in [3.05, 3.63) is 71.3 Å². The number of nitrogens with one attached hydrogen (secondary N) is 1. The molecule has 102 valence electrons. The Morgan fingerprint density at radius 1 is 1.00 bits per heavy atom. The lowest BCUT2D eigenvalue weighted by Gasteiger charge is -2.25. The summed E-state index contributed by atoms with van der Waals surface area (Å²) in [5, 5.41) is 3.12. The van der Waals surface area contributed by atoms with Gasteiger partial charge in [-0.1, -0.05) is 48.5 Å². The van der Waals surface area contributed by atoms with E-state index in [0.29, 0.717) is 0 Å². The van der Waals surface area contributed by atoms with Crippen LogP contribution in [0.25, 0.3) is 0 Å². The summed E-state index contributed by atoms with van der Waals surface area (Å²) in [4.78, 5) is 12.0. The first-order valence-electron chi connectivity index (χ1n) is 7.25. The van der Waals surface area contributed by atoms with Crippen LogP contribution in [0.15, 0.2) is 54.6 Å². The first-order valence-corrected chi connectivity index (χ1v) is 7.25. The average molecular weight is 265 g/mol. The van der Waals surface area contributed by atoms with Gasteiger partial charge in [-0.3, -0.25) is 4.79 Å². The molecule has 1 atom stereocenters. The SMILES string of the molecule is O=C1NC(CCCc2ccccc2)Cc2ccccc21. The number of hydrogen-bond donors (Lipinski definition) is 1. The maximum atomic E-state index is 12.0. The van der Waals surface area contributed by atoms with Crippen molar-refractivity contribution in [2.45, 2.75) is 31.7 Å². The summed E-state index contributed by atoms with van der Waals surface area (Å²) in [5.41, 5.74) is 3.39. The monoisotopic (exact) mass is 265 g/mol. The number of carbonyl (C=O) groups excluding carboxylic acids is 1. The van der Waals surface area contributed by atoms with E-state index in [9.17, 15) is 4.79 Å². The molecule has 0 bridgehead atoms. The van der Waals surface area contributed by atoms with Crippen LogP contribution in [0.4, 0.5) is 0 Å². The molecule has 1 aliphatic heterocycles. The first kappa shape index (κ1) is 12.9. The van der Waals surface area contributed by atoms with Crippen molar-refractivity contribution in [2.75, 3.05) is 0 Å². The number of aryl methyl sites for hydroxylation is 1. The van der Waals surface area contributed by atoms with E-state index in [1.54, 1.807) is 0 Å². The topological polar surface area (TPSA) is 29.1 Å². The van der Waals surface area contributed by atoms with E-state index in [2.05, 4.69) is 35.6 Å². The van der Waals surface area contributed by atoms with Crippen molar-refractivity contribution in [2.24, 2.45) is 0 Å². The van der Waals surface area contributed by atoms with Gasteiger partial charge in [-0.2, -0.15) is 0 Å². The molecule has 2 nitrogen and oxygen atoms in total. The minimum atomic E-state index is 0.0801. The molecule has 2 aromatic rings. The van der Waals surface area contributed by atoms with Crippen LogP contribution in [0.1, 0.15) is 34.3 Å². The summed E-state index contributed by atoms with van der Waals surface area (Å²) in [7, 11) is 0. The molecule has 20 heavy (non-hydrogen) atoms. The van der Waals surface area contributed by atoms with Gasteiger partial charge in [-0.25, -0.2) is 0 Å². The Hall–Kier alpha value is -2.09. The zero-order valence-corrected chi connectivity index (χ0v) is 11.5. The van der Waals surface area contributed by atoms with Crippen molar-refractivity contribution in [3.63, 3.8) is 0 Å². The molecule has 0 aliphatic carbocycles. The van der Waals surface area contributed by atoms with Gasteiger partial charge in [0, 0.05) is 11.6 Å². The molecule has 2 heteroatoms. The Morgan fingerprint density at radius 3 is 2.60 bits per heavy atom. The van der Waals surface area contributed by atoms with Gasteiger partial charge in [0.25, 0.3) is 5.91 Å². The van der Waals surface area contributed by atoms with E-state index in [-0.39, 0.29) is 11.9 Å². The van der Waals surface area contributed by atoms with Crippen molar-refractivity contribution in [1.29, 1.82) is 0 Å². The van der Waals surface area contributed by atoms with Gasteiger partial charge in [0.05, 0.1) is 0 Å². The lowest BCUT2D eigenvalue weighted by Crippen LogP contribution is -2.41. The fourth-order valence-corrected chi connectivity index (χ4v) is 2.87. The van der Waals surface area contributed by atoms with Gasteiger partial charge in [0.15, 0.2) is 0 Å². The fraction of sp³-hybridized carbons (Fsp3) is 0.278. The van der Waals surface area contributed by atoms with Crippen LogP contribution in [0.2, 0.25) is 0 Å². The highest BCUT2D eigenvalue weighted by Crippen LogP contribution is 2.19. The number of carbonyl (C=O) groups is 1. The normalized spacial score (nSPS) is 17.4. The summed E-state index contributed by atoms with van der Waals surface area (Å²) >= 11 is 0. The lowest BCUT2D eigenvalue weighted by molar-refractivity contribution is 0.0922. The molecule has 0 radical (unpaired) electrons. The Bertz CT molecular complexity index is 591. The first-order chi connectivity index (χ1) is 9.83. The molecular formula is C18H19NO. The molecule has 2 aromatic carbocycles. The molecule has 0 saturated carbocycles. The highest BCUT2D eigenvalue weighted by atomic mass is 16.1. The summed E-state index contributed by atoms with van der Waals surface area (Å²) in [5.74, 6) is 0.0801. The smallest absolute Gasteiger partial charge is 0.251 e. The highest BCUT2D eigenvalue weighted by Gasteiger charge is 2.22. The van der Waals surface area contributed by atoms with Crippen molar-refractivity contribution in [3.8, 4) is 0 Å².